The Morgan fingerprint density at radius 3 is 2.50 bits per heavy atom. The summed E-state index contributed by atoms with van der Waals surface area (Å²) in [6.07, 6.45) is 1.34. The fraction of sp³-hybridized carbons (Fsp3) is 0.800. The normalized spacial score (nSPS) is 15.7. The highest BCUT2D eigenvalue weighted by atomic mass is 16.5. The third kappa shape index (κ3) is 3.88. The molecule has 0 saturated carbocycles. The van der Waals surface area contributed by atoms with Gasteiger partial charge in [0.1, 0.15) is 0 Å². The minimum atomic E-state index is 0.203. The second kappa shape index (κ2) is 6.21. The molecule has 0 aliphatic carbocycles. The van der Waals surface area contributed by atoms with Crippen LogP contribution in [-0.4, -0.2) is 25.8 Å². The molecule has 2 nitrogen and oxygen atoms in total. The van der Waals surface area contributed by atoms with E-state index in [2.05, 4.69) is 25.7 Å². The lowest BCUT2D eigenvalue weighted by Gasteiger charge is -2.24. The van der Waals surface area contributed by atoms with Crippen molar-refractivity contribution in [3.8, 4) is 0 Å². The summed E-state index contributed by atoms with van der Waals surface area (Å²) in [6.45, 7) is 11.2. The first kappa shape index (κ1) is 11.7. The SMILES string of the molecule is C=C(C)C(NCCC)C(C)OC. The maximum Gasteiger partial charge on any atom is 0.0734 e. The molecule has 0 aromatic carbocycles. The first-order chi connectivity index (χ1) is 5.63. The van der Waals surface area contributed by atoms with Gasteiger partial charge in [-0.15, -0.1) is 0 Å². The van der Waals surface area contributed by atoms with Gasteiger partial charge in [0, 0.05) is 7.11 Å². The third-order valence-corrected chi connectivity index (χ3v) is 1.99. The van der Waals surface area contributed by atoms with Gasteiger partial charge >= 0.3 is 0 Å². The summed E-state index contributed by atoms with van der Waals surface area (Å²) in [5.41, 5.74) is 1.14. The van der Waals surface area contributed by atoms with Crippen LogP contribution in [0.15, 0.2) is 12.2 Å². The summed E-state index contributed by atoms with van der Waals surface area (Å²) in [6, 6.07) is 0.287. The Balaban J connectivity index is 3.94. The van der Waals surface area contributed by atoms with E-state index >= 15 is 0 Å². The molecule has 2 unspecified atom stereocenters. The first-order valence-corrected chi connectivity index (χ1v) is 4.55. The van der Waals surface area contributed by atoms with E-state index in [0.29, 0.717) is 0 Å². The smallest absolute Gasteiger partial charge is 0.0734 e. The Kier molecular flexibility index (Phi) is 6.03. The number of hydrogen-bond acceptors (Lipinski definition) is 2. The Morgan fingerprint density at radius 1 is 1.58 bits per heavy atom. The van der Waals surface area contributed by atoms with Gasteiger partial charge in [0.05, 0.1) is 12.1 Å². The molecule has 72 valence electrons. The van der Waals surface area contributed by atoms with Crippen molar-refractivity contribution >= 4 is 0 Å². The van der Waals surface area contributed by atoms with Gasteiger partial charge in [0.2, 0.25) is 0 Å². The zero-order valence-corrected chi connectivity index (χ0v) is 8.68. The summed E-state index contributed by atoms with van der Waals surface area (Å²) in [7, 11) is 1.73. The molecule has 0 spiro atoms. The number of ether oxygens (including phenoxy) is 1. The minimum absolute atomic E-state index is 0.203. The van der Waals surface area contributed by atoms with E-state index < -0.39 is 0 Å². The highest BCUT2D eigenvalue weighted by Gasteiger charge is 2.15. The van der Waals surface area contributed by atoms with Crippen molar-refractivity contribution in [1.29, 1.82) is 0 Å². The molecular weight excluding hydrogens is 150 g/mol. The molecule has 0 aliphatic heterocycles. The molecule has 0 aromatic rings. The summed E-state index contributed by atoms with van der Waals surface area (Å²) in [5.74, 6) is 0. The predicted octanol–water partition coefficient (Wildman–Crippen LogP) is 1.97. The summed E-state index contributed by atoms with van der Waals surface area (Å²) in [5, 5.41) is 3.40. The van der Waals surface area contributed by atoms with Crippen molar-refractivity contribution in [1.82, 2.24) is 5.32 Å². The number of rotatable bonds is 6. The van der Waals surface area contributed by atoms with E-state index in [9.17, 15) is 0 Å². The van der Waals surface area contributed by atoms with Crippen LogP contribution in [0, 0.1) is 0 Å². The van der Waals surface area contributed by atoms with E-state index in [-0.39, 0.29) is 12.1 Å². The third-order valence-electron chi connectivity index (χ3n) is 1.99. The van der Waals surface area contributed by atoms with Crippen molar-refractivity contribution in [2.75, 3.05) is 13.7 Å². The standard InChI is InChI=1S/C10H21NO/c1-6-7-11-10(8(2)3)9(4)12-5/h9-11H,2,6-7H2,1,3-5H3. The van der Waals surface area contributed by atoms with Crippen LogP contribution in [0.2, 0.25) is 0 Å². The molecule has 0 bridgehead atoms. The monoisotopic (exact) mass is 171 g/mol. The van der Waals surface area contributed by atoms with E-state index in [1.165, 1.54) is 0 Å². The second-order valence-electron chi connectivity index (χ2n) is 3.22. The topological polar surface area (TPSA) is 21.3 Å². The van der Waals surface area contributed by atoms with E-state index in [1.54, 1.807) is 7.11 Å². The predicted molar refractivity (Wildman–Crippen MR) is 53.4 cm³/mol. The van der Waals surface area contributed by atoms with Crippen LogP contribution < -0.4 is 5.32 Å². The number of methoxy groups -OCH3 is 1. The van der Waals surface area contributed by atoms with Crippen molar-refractivity contribution in [3.63, 3.8) is 0 Å². The zero-order valence-electron chi connectivity index (χ0n) is 8.68. The fourth-order valence-corrected chi connectivity index (χ4v) is 1.18. The number of hydrogen-bond donors (Lipinski definition) is 1. The second-order valence-corrected chi connectivity index (χ2v) is 3.22. The molecule has 2 atom stereocenters. The van der Waals surface area contributed by atoms with Crippen LogP contribution in [0.3, 0.4) is 0 Å². The Bertz CT molecular complexity index is 134. The van der Waals surface area contributed by atoms with Gasteiger partial charge in [-0.05, 0) is 26.8 Å². The molecule has 0 aromatic heterocycles. The molecule has 0 saturated heterocycles. The summed E-state index contributed by atoms with van der Waals surface area (Å²) in [4.78, 5) is 0. The van der Waals surface area contributed by atoms with E-state index in [0.717, 1.165) is 18.5 Å². The minimum Gasteiger partial charge on any atom is -0.380 e. The molecule has 12 heavy (non-hydrogen) atoms. The Labute approximate surface area is 76.0 Å². The fourth-order valence-electron chi connectivity index (χ4n) is 1.18. The summed E-state index contributed by atoms with van der Waals surface area (Å²) < 4.78 is 5.25. The van der Waals surface area contributed by atoms with Gasteiger partial charge in [-0.25, -0.2) is 0 Å². The highest BCUT2D eigenvalue weighted by molar-refractivity contribution is 5.04. The van der Waals surface area contributed by atoms with Crippen LogP contribution in [-0.2, 0) is 4.74 Å². The number of nitrogens with one attached hydrogen (secondary N) is 1. The van der Waals surface area contributed by atoms with E-state index in [4.69, 9.17) is 4.74 Å². The molecule has 1 N–H and O–H groups in total. The van der Waals surface area contributed by atoms with Crippen LogP contribution in [0.4, 0.5) is 0 Å². The van der Waals surface area contributed by atoms with Crippen LogP contribution >= 0.6 is 0 Å². The van der Waals surface area contributed by atoms with Gasteiger partial charge in [-0.3, -0.25) is 0 Å². The molecule has 0 rings (SSSR count). The Morgan fingerprint density at radius 2 is 2.17 bits per heavy atom. The van der Waals surface area contributed by atoms with Crippen LogP contribution in [0.25, 0.3) is 0 Å². The van der Waals surface area contributed by atoms with Gasteiger partial charge in [0.15, 0.2) is 0 Å². The highest BCUT2D eigenvalue weighted by Crippen LogP contribution is 2.06. The molecule has 0 aliphatic rings. The van der Waals surface area contributed by atoms with Crippen LogP contribution in [0.5, 0.6) is 0 Å². The van der Waals surface area contributed by atoms with Gasteiger partial charge in [-0.1, -0.05) is 19.1 Å². The quantitative estimate of drug-likeness (QED) is 0.617. The first-order valence-electron chi connectivity index (χ1n) is 4.55. The maximum absolute atomic E-state index is 5.25. The molecule has 0 radical (unpaired) electrons. The van der Waals surface area contributed by atoms with Crippen LogP contribution in [0.1, 0.15) is 27.2 Å². The van der Waals surface area contributed by atoms with Crippen molar-refractivity contribution in [2.45, 2.75) is 39.3 Å². The van der Waals surface area contributed by atoms with Crippen molar-refractivity contribution in [3.05, 3.63) is 12.2 Å². The molecule has 0 fully saturated rings. The molecule has 0 heterocycles. The van der Waals surface area contributed by atoms with Crippen molar-refractivity contribution < 1.29 is 4.74 Å². The van der Waals surface area contributed by atoms with E-state index in [1.807, 2.05) is 6.92 Å². The molecular formula is C10H21NO. The zero-order chi connectivity index (χ0) is 9.56. The van der Waals surface area contributed by atoms with Gasteiger partial charge in [0.25, 0.3) is 0 Å². The molecule has 2 heteroatoms. The van der Waals surface area contributed by atoms with Gasteiger partial charge < -0.3 is 10.1 Å². The summed E-state index contributed by atoms with van der Waals surface area (Å²) >= 11 is 0. The lowest BCUT2D eigenvalue weighted by atomic mass is 10.1. The lowest BCUT2D eigenvalue weighted by Crippen LogP contribution is -2.40. The average Bonchev–Trinajstić information content (AvgIpc) is 2.04. The lowest BCUT2D eigenvalue weighted by molar-refractivity contribution is 0.0940. The largest absolute Gasteiger partial charge is 0.380 e. The van der Waals surface area contributed by atoms with Crippen molar-refractivity contribution in [2.24, 2.45) is 0 Å². The maximum atomic E-state index is 5.25. The Hall–Kier alpha value is -0.340. The average molecular weight is 171 g/mol. The molecule has 0 amide bonds. The van der Waals surface area contributed by atoms with Gasteiger partial charge in [-0.2, -0.15) is 0 Å².